The van der Waals surface area contributed by atoms with Gasteiger partial charge >= 0.3 is 0 Å². The number of rotatable bonds is 7. The molecule has 0 aliphatic carbocycles. The number of halogens is 1. The van der Waals surface area contributed by atoms with E-state index in [4.69, 9.17) is 18.9 Å². The van der Waals surface area contributed by atoms with Crippen molar-refractivity contribution >= 4 is 0 Å². The largest absolute Gasteiger partial charge is 0.494 e. The first-order valence-electron chi connectivity index (χ1n) is 7.24. The highest BCUT2D eigenvalue weighted by Crippen LogP contribution is 2.38. The Morgan fingerprint density at radius 3 is 1.74 bits per heavy atom. The lowest BCUT2D eigenvalue weighted by Gasteiger charge is -2.14. The average Bonchev–Trinajstić information content (AvgIpc) is 2.59. The van der Waals surface area contributed by atoms with Gasteiger partial charge in [-0.2, -0.15) is 0 Å². The molecule has 5 heteroatoms. The lowest BCUT2D eigenvalue weighted by atomic mass is 10.0. The zero-order valence-electron chi connectivity index (χ0n) is 13.8. The highest BCUT2D eigenvalue weighted by molar-refractivity contribution is 5.54. The second-order valence-electron chi connectivity index (χ2n) is 5.00. The molecule has 2 aromatic carbocycles. The van der Waals surface area contributed by atoms with E-state index in [1.165, 1.54) is 13.2 Å². The first-order chi connectivity index (χ1) is 11.1. The normalized spacial score (nSPS) is 10.3. The Hall–Kier alpha value is -2.43. The van der Waals surface area contributed by atoms with Crippen LogP contribution in [0, 0.1) is 5.82 Å². The minimum atomic E-state index is -0.357. The van der Waals surface area contributed by atoms with Gasteiger partial charge in [-0.15, -0.1) is 0 Å². The van der Waals surface area contributed by atoms with E-state index in [1.54, 1.807) is 33.5 Å². The SMILES string of the molecule is COc1cc(CCc2cc(OC)c(OC)c(OC)c2)ccc1F. The summed E-state index contributed by atoms with van der Waals surface area (Å²) in [5.41, 5.74) is 2.04. The molecular formula is C18H21FO4. The first kappa shape index (κ1) is 16.9. The molecule has 0 saturated heterocycles. The number of hydrogen-bond acceptors (Lipinski definition) is 4. The summed E-state index contributed by atoms with van der Waals surface area (Å²) in [4.78, 5) is 0. The molecule has 0 unspecified atom stereocenters. The summed E-state index contributed by atoms with van der Waals surface area (Å²) in [6.45, 7) is 0. The fourth-order valence-corrected chi connectivity index (χ4v) is 2.43. The molecule has 0 radical (unpaired) electrons. The van der Waals surface area contributed by atoms with E-state index >= 15 is 0 Å². The molecule has 124 valence electrons. The van der Waals surface area contributed by atoms with Gasteiger partial charge in [-0.05, 0) is 48.2 Å². The van der Waals surface area contributed by atoms with Crippen molar-refractivity contribution in [3.05, 3.63) is 47.3 Å². The average molecular weight is 320 g/mol. The molecule has 0 aromatic heterocycles. The highest BCUT2D eigenvalue weighted by atomic mass is 19.1. The van der Waals surface area contributed by atoms with Crippen molar-refractivity contribution in [1.82, 2.24) is 0 Å². The van der Waals surface area contributed by atoms with E-state index in [-0.39, 0.29) is 11.6 Å². The van der Waals surface area contributed by atoms with Crippen molar-refractivity contribution in [2.45, 2.75) is 12.8 Å². The minimum Gasteiger partial charge on any atom is -0.494 e. The van der Waals surface area contributed by atoms with Crippen molar-refractivity contribution < 1.29 is 23.3 Å². The zero-order valence-corrected chi connectivity index (χ0v) is 13.8. The molecule has 0 amide bonds. The summed E-state index contributed by atoms with van der Waals surface area (Å²) in [5, 5.41) is 0. The van der Waals surface area contributed by atoms with Crippen LogP contribution in [-0.4, -0.2) is 28.4 Å². The topological polar surface area (TPSA) is 36.9 Å². The summed E-state index contributed by atoms with van der Waals surface area (Å²) in [7, 11) is 6.21. The molecule has 0 aliphatic heterocycles. The third kappa shape index (κ3) is 3.86. The molecule has 0 bridgehead atoms. The van der Waals surface area contributed by atoms with Gasteiger partial charge in [0.15, 0.2) is 23.1 Å². The molecule has 0 atom stereocenters. The number of methoxy groups -OCH3 is 4. The molecule has 0 aliphatic rings. The van der Waals surface area contributed by atoms with Gasteiger partial charge in [-0.3, -0.25) is 0 Å². The molecular weight excluding hydrogens is 299 g/mol. The van der Waals surface area contributed by atoms with E-state index in [0.29, 0.717) is 17.2 Å². The van der Waals surface area contributed by atoms with Crippen LogP contribution in [0.25, 0.3) is 0 Å². The van der Waals surface area contributed by atoms with E-state index < -0.39 is 0 Å². The molecule has 2 rings (SSSR count). The summed E-state index contributed by atoms with van der Waals surface area (Å²) >= 11 is 0. The molecule has 0 saturated carbocycles. The Kier molecular flexibility index (Phi) is 5.68. The standard InChI is InChI=1S/C18H21FO4/c1-20-15-9-12(7-8-14(15)19)5-6-13-10-16(21-2)18(23-4)17(11-13)22-3/h7-11H,5-6H2,1-4H3. The van der Waals surface area contributed by atoms with Gasteiger partial charge in [-0.1, -0.05) is 6.07 Å². The quantitative estimate of drug-likeness (QED) is 0.780. The van der Waals surface area contributed by atoms with Gasteiger partial charge in [0.2, 0.25) is 5.75 Å². The zero-order chi connectivity index (χ0) is 16.8. The molecule has 0 heterocycles. The van der Waals surface area contributed by atoms with Crippen molar-refractivity contribution in [3.8, 4) is 23.0 Å². The second-order valence-corrected chi connectivity index (χ2v) is 5.00. The Morgan fingerprint density at radius 1 is 0.696 bits per heavy atom. The van der Waals surface area contributed by atoms with Gasteiger partial charge in [0.1, 0.15) is 0 Å². The summed E-state index contributed by atoms with van der Waals surface area (Å²) < 4.78 is 34.5. The van der Waals surface area contributed by atoms with Gasteiger partial charge in [0.05, 0.1) is 28.4 Å². The highest BCUT2D eigenvalue weighted by Gasteiger charge is 2.13. The van der Waals surface area contributed by atoms with Crippen LogP contribution in [0.3, 0.4) is 0 Å². The fraction of sp³-hybridized carbons (Fsp3) is 0.333. The second kappa shape index (κ2) is 7.72. The van der Waals surface area contributed by atoms with Crippen LogP contribution in [0.2, 0.25) is 0 Å². The maximum atomic E-state index is 13.4. The Morgan fingerprint density at radius 2 is 1.22 bits per heavy atom. The monoisotopic (exact) mass is 320 g/mol. The maximum Gasteiger partial charge on any atom is 0.203 e. The molecule has 0 fully saturated rings. The van der Waals surface area contributed by atoms with Crippen molar-refractivity contribution in [3.63, 3.8) is 0 Å². The smallest absolute Gasteiger partial charge is 0.203 e. The van der Waals surface area contributed by atoms with Crippen LogP contribution in [0.15, 0.2) is 30.3 Å². The summed E-state index contributed by atoms with van der Waals surface area (Å²) in [6, 6.07) is 8.73. The maximum absolute atomic E-state index is 13.4. The van der Waals surface area contributed by atoms with Crippen LogP contribution in [0.5, 0.6) is 23.0 Å². The molecule has 23 heavy (non-hydrogen) atoms. The molecule has 2 aromatic rings. The Bertz CT molecular complexity index is 645. The lowest BCUT2D eigenvalue weighted by molar-refractivity contribution is 0.324. The Balaban J connectivity index is 2.20. The third-order valence-corrected chi connectivity index (χ3v) is 3.64. The fourth-order valence-electron chi connectivity index (χ4n) is 2.43. The van der Waals surface area contributed by atoms with Crippen LogP contribution in [0.1, 0.15) is 11.1 Å². The minimum absolute atomic E-state index is 0.257. The molecule has 4 nitrogen and oxygen atoms in total. The van der Waals surface area contributed by atoms with Gasteiger partial charge in [0, 0.05) is 0 Å². The molecule has 0 spiro atoms. The van der Waals surface area contributed by atoms with Crippen molar-refractivity contribution in [1.29, 1.82) is 0 Å². The van der Waals surface area contributed by atoms with E-state index in [0.717, 1.165) is 24.0 Å². The van der Waals surface area contributed by atoms with E-state index in [9.17, 15) is 4.39 Å². The number of ether oxygens (including phenoxy) is 4. The number of hydrogen-bond donors (Lipinski definition) is 0. The number of aryl methyl sites for hydroxylation is 2. The summed E-state index contributed by atoms with van der Waals surface area (Å²) in [6.07, 6.45) is 1.50. The Labute approximate surface area is 135 Å². The predicted molar refractivity (Wildman–Crippen MR) is 86.5 cm³/mol. The van der Waals surface area contributed by atoms with Gasteiger partial charge in [0.25, 0.3) is 0 Å². The summed E-state index contributed by atoms with van der Waals surface area (Å²) in [5.74, 6) is 1.72. The van der Waals surface area contributed by atoms with Gasteiger partial charge in [-0.25, -0.2) is 4.39 Å². The first-order valence-corrected chi connectivity index (χ1v) is 7.24. The predicted octanol–water partition coefficient (Wildman–Crippen LogP) is 3.65. The van der Waals surface area contributed by atoms with Crippen LogP contribution < -0.4 is 18.9 Å². The third-order valence-electron chi connectivity index (χ3n) is 3.64. The number of benzene rings is 2. The van der Waals surface area contributed by atoms with Crippen LogP contribution >= 0.6 is 0 Å². The van der Waals surface area contributed by atoms with Gasteiger partial charge < -0.3 is 18.9 Å². The molecule has 0 N–H and O–H groups in total. The lowest BCUT2D eigenvalue weighted by Crippen LogP contribution is -1.99. The van der Waals surface area contributed by atoms with E-state index in [1.807, 2.05) is 12.1 Å². The van der Waals surface area contributed by atoms with Crippen molar-refractivity contribution in [2.24, 2.45) is 0 Å². The van der Waals surface area contributed by atoms with Crippen LogP contribution in [-0.2, 0) is 12.8 Å². The van der Waals surface area contributed by atoms with Crippen molar-refractivity contribution in [2.75, 3.05) is 28.4 Å². The van der Waals surface area contributed by atoms with Crippen LogP contribution in [0.4, 0.5) is 4.39 Å². The van der Waals surface area contributed by atoms with E-state index in [2.05, 4.69) is 0 Å².